The maximum Gasteiger partial charge on any atom is 0.167 e. The van der Waals surface area contributed by atoms with E-state index >= 15 is 0 Å². The van der Waals surface area contributed by atoms with Crippen LogP contribution in [-0.4, -0.2) is 37.5 Å². The van der Waals surface area contributed by atoms with Crippen molar-refractivity contribution in [2.45, 2.75) is 30.6 Å². The Morgan fingerprint density at radius 2 is 2.09 bits per heavy atom. The minimum Gasteiger partial charge on any atom is -0.289 e. The average molecular weight is 175 g/mol. The van der Waals surface area contributed by atoms with Gasteiger partial charge in [0.25, 0.3) is 0 Å². The molecule has 0 spiro atoms. The normalized spacial score (nSPS) is 42.6. The van der Waals surface area contributed by atoms with E-state index < -0.39 is 9.84 Å². The van der Waals surface area contributed by atoms with Crippen molar-refractivity contribution in [3.8, 4) is 0 Å². The molecule has 2 fully saturated rings. The summed E-state index contributed by atoms with van der Waals surface area (Å²) in [4.78, 5) is 1.98. The van der Waals surface area contributed by atoms with Gasteiger partial charge in [0.15, 0.2) is 9.84 Å². The van der Waals surface area contributed by atoms with Crippen molar-refractivity contribution in [3.63, 3.8) is 0 Å². The molecule has 4 heteroatoms. The van der Waals surface area contributed by atoms with E-state index in [-0.39, 0.29) is 11.1 Å². The summed E-state index contributed by atoms with van der Waals surface area (Å²) in [7, 11) is -0.837. The molecular weight excluding hydrogens is 162 g/mol. The highest BCUT2D eigenvalue weighted by molar-refractivity contribution is 7.92. The molecule has 0 radical (unpaired) electrons. The number of rotatable bonds is 0. The molecule has 1 aliphatic heterocycles. The topological polar surface area (TPSA) is 37.4 Å². The van der Waals surface area contributed by atoms with Gasteiger partial charge in [-0.15, -0.1) is 0 Å². The molecule has 0 N–H and O–H groups in total. The van der Waals surface area contributed by atoms with Crippen LogP contribution in [-0.2, 0) is 9.84 Å². The predicted molar refractivity (Wildman–Crippen MR) is 43.0 cm³/mol. The molecule has 11 heavy (non-hydrogen) atoms. The average Bonchev–Trinajstić information content (AvgIpc) is 2.37. The van der Waals surface area contributed by atoms with Gasteiger partial charge in [-0.2, -0.15) is 0 Å². The van der Waals surface area contributed by atoms with Gasteiger partial charge in [-0.25, -0.2) is 8.42 Å². The van der Waals surface area contributed by atoms with Crippen molar-refractivity contribution in [2.75, 3.05) is 12.9 Å². The first-order chi connectivity index (χ1) is 5.11. The first-order valence-electron chi connectivity index (χ1n) is 4.03. The van der Waals surface area contributed by atoms with Gasteiger partial charge in [-0.3, -0.25) is 4.90 Å². The van der Waals surface area contributed by atoms with E-state index in [1.54, 1.807) is 0 Å². The Morgan fingerprint density at radius 3 is 2.73 bits per heavy atom. The second-order valence-corrected chi connectivity index (χ2v) is 5.78. The fourth-order valence-corrected chi connectivity index (χ4v) is 4.60. The van der Waals surface area contributed by atoms with Gasteiger partial charge in [0.05, 0.1) is 5.25 Å². The molecule has 1 aliphatic carbocycles. The smallest absolute Gasteiger partial charge is 0.167 e. The third-order valence-corrected chi connectivity index (χ3v) is 5.07. The minimum atomic E-state index is -2.75. The van der Waals surface area contributed by atoms with Crippen molar-refractivity contribution in [3.05, 3.63) is 0 Å². The number of nitrogens with zero attached hydrogens (tertiary/aromatic N) is 1. The maximum atomic E-state index is 11.4. The lowest BCUT2D eigenvalue weighted by molar-refractivity contribution is 0.312. The Hall–Kier alpha value is -0.0900. The summed E-state index contributed by atoms with van der Waals surface area (Å²) in [5.41, 5.74) is 0. The quantitative estimate of drug-likeness (QED) is 0.528. The van der Waals surface area contributed by atoms with E-state index in [1.165, 1.54) is 0 Å². The third-order valence-electron chi connectivity index (χ3n) is 2.83. The van der Waals surface area contributed by atoms with Crippen molar-refractivity contribution in [2.24, 2.45) is 0 Å². The zero-order valence-corrected chi connectivity index (χ0v) is 7.47. The largest absolute Gasteiger partial charge is 0.289 e. The number of hydrogen-bond donors (Lipinski definition) is 0. The molecular formula is C7H13NO2S. The van der Waals surface area contributed by atoms with Crippen molar-refractivity contribution < 1.29 is 8.42 Å². The van der Waals surface area contributed by atoms with Crippen LogP contribution < -0.4 is 0 Å². The Balaban J connectivity index is 2.35. The summed E-state index contributed by atoms with van der Waals surface area (Å²) in [6, 6.07) is 0.333. The van der Waals surface area contributed by atoms with Crippen LogP contribution in [0.5, 0.6) is 0 Å². The molecule has 0 aromatic rings. The minimum absolute atomic E-state index is 0.0347. The van der Waals surface area contributed by atoms with Crippen LogP contribution in [0.3, 0.4) is 0 Å². The fourth-order valence-electron chi connectivity index (χ4n) is 2.30. The fraction of sp³-hybridized carbons (Fsp3) is 1.00. The summed E-state index contributed by atoms with van der Waals surface area (Å²) in [6.07, 6.45) is 3.04. The molecule has 0 bridgehead atoms. The van der Waals surface area contributed by atoms with Crippen LogP contribution in [0.4, 0.5) is 0 Å². The molecule has 3 nitrogen and oxygen atoms in total. The molecule has 1 heterocycles. The second kappa shape index (κ2) is 2.20. The van der Waals surface area contributed by atoms with Crippen molar-refractivity contribution >= 4 is 9.84 Å². The Kier molecular flexibility index (Phi) is 1.51. The molecule has 2 unspecified atom stereocenters. The zero-order valence-electron chi connectivity index (χ0n) is 6.66. The van der Waals surface area contributed by atoms with Gasteiger partial charge in [-0.1, -0.05) is 6.42 Å². The lowest BCUT2D eigenvalue weighted by Crippen LogP contribution is -2.27. The molecule has 0 aromatic heterocycles. The number of hydrogen-bond acceptors (Lipinski definition) is 3. The second-order valence-electron chi connectivity index (χ2n) is 3.59. The standard InChI is InChI=1S/C7H13NO2S/c1-8-5-11(9,10)7-4-2-3-6(7)8/h6-7H,2-5H2,1H3. The zero-order chi connectivity index (χ0) is 8.06. The van der Waals surface area contributed by atoms with Crippen LogP contribution in [0.2, 0.25) is 0 Å². The Labute approximate surface area is 67.3 Å². The van der Waals surface area contributed by atoms with Crippen molar-refractivity contribution in [1.82, 2.24) is 4.90 Å². The molecule has 2 rings (SSSR count). The van der Waals surface area contributed by atoms with Gasteiger partial charge in [0.2, 0.25) is 0 Å². The third kappa shape index (κ3) is 0.999. The van der Waals surface area contributed by atoms with Crippen molar-refractivity contribution in [1.29, 1.82) is 0 Å². The van der Waals surface area contributed by atoms with E-state index in [2.05, 4.69) is 0 Å². The molecule has 0 aromatic carbocycles. The van der Waals surface area contributed by atoms with Crippen LogP contribution in [0.15, 0.2) is 0 Å². The first kappa shape index (κ1) is 7.55. The highest BCUT2D eigenvalue weighted by Gasteiger charge is 2.46. The Morgan fingerprint density at radius 1 is 1.36 bits per heavy atom. The summed E-state index contributed by atoms with van der Waals surface area (Å²) in [6.45, 7) is 0. The lowest BCUT2D eigenvalue weighted by Gasteiger charge is -2.14. The van der Waals surface area contributed by atoms with Crippen LogP contribution in [0.1, 0.15) is 19.3 Å². The maximum absolute atomic E-state index is 11.4. The van der Waals surface area contributed by atoms with Gasteiger partial charge in [0.1, 0.15) is 5.88 Å². The number of sulfone groups is 1. The SMILES string of the molecule is CN1CS(=O)(=O)C2CCCC21. The van der Waals surface area contributed by atoms with Gasteiger partial charge >= 0.3 is 0 Å². The summed E-state index contributed by atoms with van der Waals surface area (Å²) < 4.78 is 22.8. The molecule has 1 saturated carbocycles. The highest BCUT2D eigenvalue weighted by atomic mass is 32.2. The summed E-state index contributed by atoms with van der Waals surface area (Å²) in [5, 5.41) is -0.0347. The number of fused-ring (bicyclic) bond motifs is 1. The van der Waals surface area contributed by atoms with E-state index in [0.717, 1.165) is 19.3 Å². The van der Waals surface area contributed by atoms with E-state index in [4.69, 9.17) is 0 Å². The molecule has 1 saturated heterocycles. The molecule has 2 aliphatic rings. The summed E-state index contributed by atoms with van der Waals surface area (Å²) in [5.74, 6) is 0.280. The molecule has 64 valence electrons. The first-order valence-corrected chi connectivity index (χ1v) is 5.74. The van der Waals surface area contributed by atoms with Gasteiger partial charge in [-0.05, 0) is 19.9 Å². The monoisotopic (exact) mass is 175 g/mol. The lowest BCUT2D eigenvalue weighted by atomic mass is 10.2. The van der Waals surface area contributed by atoms with Crippen LogP contribution in [0, 0.1) is 0 Å². The highest BCUT2D eigenvalue weighted by Crippen LogP contribution is 2.34. The molecule has 0 amide bonds. The van der Waals surface area contributed by atoms with Gasteiger partial charge < -0.3 is 0 Å². The van der Waals surface area contributed by atoms with E-state index in [9.17, 15) is 8.42 Å². The van der Waals surface area contributed by atoms with Crippen LogP contribution >= 0.6 is 0 Å². The van der Waals surface area contributed by atoms with Gasteiger partial charge in [0, 0.05) is 6.04 Å². The van der Waals surface area contributed by atoms with E-state index in [1.807, 2.05) is 11.9 Å². The van der Waals surface area contributed by atoms with Crippen LogP contribution in [0.25, 0.3) is 0 Å². The summed E-state index contributed by atoms with van der Waals surface area (Å²) >= 11 is 0. The molecule has 2 atom stereocenters. The van der Waals surface area contributed by atoms with E-state index in [0.29, 0.717) is 6.04 Å². The predicted octanol–water partition coefficient (Wildman–Crippen LogP) is 0.225. The Bertz CT molecular complexity index is 260.